The number of hydrogen-bond donors (Lipinski definition) is 0. The first-order valence-corrected chi connectivity index (χ1v) is 13.9. The van der Waals surface area contributed by atoms with Crippen LogP contribution in [0.1, 0.15) is 42.4 Å². The molecule has 0 aliphatic heterocycles. The van der Waals surface area contributed by atoms with Gasteiger partial charge in [-0.3, -0.25) is 4.79 Å². The van der Waals surface area contributed by atoms with E-state index < -0.39 is 10.0 Å². The van der Waals surface area contributed by atoms with Gasteiger partial charge in [-0.05, 0) is 73.9 Å². The van der Waals surface area contributed by atoms with E-state index in [0.717, 1.165) is 37.7 Å². The lowest BCUT2D eigenvalue weighted by Gasteiger charge is -2.36. The van der Waals surface area contributed by atoms with Crippen molar-refractivity contribution in [1.82, 2.24) is 9.21 Å². The lowest BCUT2D eigenvalue weighted by molar-refractivity contribution is -0.121. The molecule has 4 rings (SSSR count). The Balaban J connectivity index is 1.44. The van der Waals surface area contributed by atoms with E-state index in [0.29, 0.717) is 18.7 Å². The number of aryl methyl sites for hydroxylation is 1. The van der Waals surface area contributed by atoms with Gasteiger partial charge in [-0.2, -0.15) is 4.31 Å². The van der Waals surface area contributed by atoms with Crippen LogP contribution in [0, 0.1) is 18.7 Å². The van der Waals surface area contributed by atoms with Crippen LogP contribution in [0.5, 0.6) is 0 Å². The third kappa shape index (κ3) is 6.59. The van der Waals surface area contributed by atoms with Gasteiger partial charge in [0.25, 0.3) is 0 Å². The molecule has 0 radical (unpaired) electrons. The number of rotatable bonds is 10. The summed E-state index contributed by atoms with van der Waals surface area (Å²) in [4.78, 5) is 14.0. The Morgan fingerprint density at radius 1 is 0.861 bits per heavy atom. The Bertz CT molecular complexity index is 1240. The fraction of sp³-hybridized carbons (Fsp3) is 0.345. The van der Waals surface area contributed by atoms with Gasteiger partial charge in [0.1, 0.15) is 5.82 Å². The highest BCUT2D eigenvalue weighted by atomic mass is 32.2. The molecule has 1 amide bonds. The van der Waals surface area contributed by atoms with Gasteiger partial charge in [-0.15, -0.1) is 0 Å². The molecule has 36 heavy (non-hydrogen) atoms. The average Bonchev–Trinajstić information content (AvgIpc) is 2.89. The van der Waals surface area contributed by atoms with Gasteiger partial charge in [0.2, 0.25) is 16.4 Å². The molecule has 190 valence electrons. The first-order chi connectivity index (χ1) is 17.3. The molecule has 0 unspecified atom stereocenters. The summed E-state index contributed by atoms with van der Waals surface area (Å²) in [5.41, 5.74) is 2.91. The molecular weight excluding hydrogens is 475 g/mol. The molecule has 0 bridgehead atoms. The molecule has 1 fully saturated rings. The molecule has 0 atom stereocenters. The van der Waals surface area contributed by atoms with E-state index in [1.807, 2.05) is 11.8 Å². The number of benzene rings is 3. The summed E-state index contributed by atoms with van der Waals surface area (Å²) in [5, 5.41) is 0. The van der Waals surface area contributed by atoms with Gasteiger partial charge in [0, 0.05) is 25.7 Å². The molecule has 1 saturated carbocycles. The monoisotopic (exact) mass is 508 g/mol. The standard InChI is InChI=1S/C29H33FN2O3S/c1-23-10-12-24(13-11-23)19-31(22-33)28-16-14-25(15-17-28)20-32(21-26-6-5-7-27(30)18-26)36(34,35)29-8-3-2-4-9-29/h2-13,18,22,25,28H,14-17,19-21H2,1H3. The predicted octanol–water partition coefficient (Wildman–Crippen LogP) is 5.54. The van der Waals surface area contributed by atoms with Gasteiger partial charge in [-0.25, -0.2) is 12.8 Å². The Labute approximate surface area is 213 Å². The second-order valence-corrected chi connectivity index (χ2v) is 11.6. The van der Waals surface area contributed by atoms with E-state index in [2.05, 4.69) is 24.3 Å². The number of carbonyl (C=O) groups is 1. The van der Waals surface area contributed by atoms with Crippen LogP contribution in [0.2, 0.25) is 0 Å². The van der Waals surface area contributed by atoms with E-state index in [1.165, 1.54) is 22.0 Å². The van der Waals surface area contributed by atoms with Crippen LogP contribution in [-0.4, -0.2) is 36.6 Å². The van der Waals surface area contributed by atoms with Crippen molar-refractivity contribution in [1.29, 1.82) is 0 Å². The molecule has 0 spiro atoms. The van der Waals surface area contributed by atoms with Crippen molar-refractivity contribution in [3.05, 3.63) is 101 Å². The van der Waals surface area contributed by atoms with Crippen LogP contribution >= 0.6 is 0 Å². The van der Waals surface area contributed by atoms with Crippen molar-refractivity contribution in [2.24, 2.45) is 5.92 Å². The van der Waals surface area contributed by atoms with Crippen molar-refractivity contribution in [2.75, 3.05) is 6.54 Å². The molecule has 3 aromatic carbocycles. The third-order valence-corrected chi connectivity index (χ3v) is 8.82. The van der Waals surface area contributed by atoms with Crippen molar-refractivity contribution in [3.8, 4) is 0 Å². The minimum absolute atomic E-state index is 0.114. The number of halogens is 1. The highest BCUT2D eigenvalue weighted by Crippen LogP contribution is 2.31. The number of hydrogen-bond acceptors (Lipinski definition) is 3. The lowest BCUT2D eigenvalue weighted by atomic mass is 9.85. The summed E-state index contributed by atoms with van der Waals surface area (Å²) in [7, 11) is -3.75. The number of sulfonamides is 1. The first kappa shape index (κ1) is 26.0. The van der Waals surface area contributed by atoms with Crippen LogP contribution in [0.3, 0.4) is 0 Å². The van der Waals surface area contributed by atoms with Crippen LogP contribution < -0.4 is 0 Å². The summed E-state index contributed by atoms with van der Waals surface area (Å²) >= 11 is 0. The number of nitrogens with zero attached hydrogens (tertiary/aromatic N) is 2. The Morgan fingerprint density at radius 2 is 1.56 bits per heavy atom. The first-order valence-electron chi connectivity index (χ1n) is 12.4. The van der Waals surface area contributed by atoms with E-state index in [9.17, 15) is 17.6 Å². The second kappa shape index (κ2) is 11.8. The van der Waals surface area contributed by atoms with Crippen LogP contribution in [0.4, 0.5) is 4.39 Å². The lowest BCUT2D eigenvalue weighted by Crippen LogP contribution is -2.40. The summed E-state index contributed by atoms with van der Waals surface area (Å²) in [6, 6.07) is 22.8. The van der Waals surface area contributed by atoms with Crippen LogP contribution in [0.15, 0.2) is 83.8 Å². The van der Waals surface area contributed by atoms with Crippen LogP contribution in [-0.2, 0) is 27.9 Å². The highest BCUT2D eigenvalue weighted by molar-refractivity contribution is 7.89. The molecule has 7 heteroatoms. The molecule has 0 N–H and O–H groups in total. The van der Waals surface area contributed by atoms with Gasteiger partial charge in [-0.1, -0.05) is 60.2 Å². The quantitative estimate of drug-likeness (QED) is 0.338. The molecule has 0 heterocycles. The summed E-state index contributed by atoms with van der Waals surface area (Å²) in [5.74, 6) is -0.214. The Kier molecular flexibility index (Phi) is 8.54. The third-order valence-electron chi connectivity index (χ3n) is 7.00. The molecule has 1 aliphatic rings. The number of amides is 1. The van der Waals surface area contributed by atoms with Crippen LogP contribution in [0.25, 0.3) is 0 Å². The molecule has 0 saturated heterocycles. The highest BCUT2D eigenvalue weighted by Gasteiger charge is 2.31. The van der Waals surface area contributed by atoms with Gasteiger partial charge in [0.15, 0.2) is 0 Å². The zero-order valence-electron chi connectivity index (χ0n) is 20.6. The molecule has 0 aromatic heterocycles. The largest absolute Gasteiger partial charge is 0.338 e. The average molecular weight is 509 g/mol. The molecular formula is C29H33FN2O3S. The maximum atomic E-state index is 13.8. The molecule has 1 aliphatic carbocycles. The molecule has 5 nitrogen and oxygen atoms in total. The fourth-order valence-electron chi connectivity index (χ4n) is 4.93. The second-order valence-electron chi connectivity index (χ2n) is 9.68. The van der Waals surface area contributed by atoms with E-state index in [4.69, 9.17) is 0 Å². The van der Waals surface area contributed by atoms with E-state index in [1.54, 1.807) is 42.5 Å². The predicted molar refractivity (Wildman–Crippen MR) is 139 cm³/mol. The fourth-order valence-corrected chi connectivity index (χ4v) is 6.46. The van der Waals surface area contributed by atoms with E-state index >= 15 is 0 Å². The van der Waals surface area contributed by atoms with Crippen molar-refractivity contribution < 1.29 is 17.6 Å². The minimum atomic E-state index is -3.75. The van der Waals surface area contributed by atoms with Crippen molar-refractivity contribution >= 4 is 16.4 Å². The molecule has 3 aromatic rings. The van der Waals surface area contributed by atoms with Crippen molar-refractivity contribution in [2.45, 2.75) is 56.6 Å². The SMILES string of the molecule is Cc1ccc(CN(C=O)C2CCC(CN(Cc3cccc(F)c3)S(=O)(=O)c3ccccc3)CC2)cc1. The zero-order chi connectivity index (χ0) is 25.5. The minimum Gasteiger partial charge on any atom is -0.338 e. The van der Waals surface area contributed by atoms with Gasteiger partial charge < -0.3 is 4.90 Å². The van der Waals surface area contributed by atoms with E-state index in [-0.39, 0.29) is 29.2 Å². The number of carbonyl (C=O) groups excluding carboxylic acids is 1. The summed E-state index contributed by atoms with van der Waals surface area (Å²) in [6.07, 6.45) is 4.24. The zero-order valence-corrected chi connectivity index (χ0v) is 21.4. The summed E-state index contributed by atoms with van der Waals surface area (Å²) in [6.45, 7) is 3.09. The van der Waals surface area contributed by atoms with Gasteiger partial charge in [0.05, 0.1) is 4.90 Å². The Morgan fingerprint density at radius 3 is 2.19 bits per heavy atom. The summed E-state index contributed by atoms with van der Waals surface area (Å²) < 4.78 is 42.3. The van der Waals surface area contributed by atoms with Crippen molar-refractivity contribution in [3.63, 3.8) is 0 Å². The maximum Gasteiger partial charge on any atom is 0.243 e. The normalized spacial score (nSPS) is 18.2. The smallest absolute Gasteiger partial charge is 0.243 e. The Hall–Kier alpha value is -3.03. The maximum absolute atomic E-state index is 13.8. The topological polar surface area (TPSA) is 57.7 Å². The van der Waals surface area contributed by atoms with Gasteiger partial charge >= 0.3 is 0 Å².